The maximum absolute atomic E-state index is 12.6. The lowest BCUT2D eigenvalue weighted by Gasteiger charge is -2.10. The van der Waals surface area contributed by atoms with Gasteiger partial charge in [-0.3, -0.25) is 14.2 Å². The number of halogens is 1. The van der Waals surface area contributed by atoms with Gasteiger partial charge in [0.25, 0.3) is 5.91 Å². The summed E-state index contributed by atoms with van der Waals surface area (Å²) < 4.78 is 9.53. The van der Waals surface area contributed by atoms with Crippen molar-refractivity contribution in [3.63, 3.8) is 0 Å². The summed E-state index contributed by atoms with van der Waals surface area (Å²) in [4.78, 5) is 12.6. The fourth-order valence-electron chi connectivity index (χ4n) is 3.47. The highest BCUT2D eigenvalue weighted by atomic mass is 35.5. The normalized spacial score (nSPS) is 10.9. The van der Waals surface area contributed by atoms with Gasteiger partial charge in [0.05, 0.1) is 24.6 Å². The minimum atomic E-state index is -0.190. The first kappa shape index (κ1) is 22.6. The Kier molecular flexibility index (Phi) is 6.79. The molecule has 0 fully saturated rings. The van der Waals surface area contributed by atoms with Gasteiger partial charge < -0.3 is 10.1 Å². The Labute approximate surface area is 197 Å². The van der Waals surface area contributed by atoms with E-state index in [0.29, 0.717) is 24.4 Å². The third-order valence-corrected chi connectivity index (χ3v) is 5.87. The summed E-state index contributed by atoms with van der Waals surface area (Å²) in [6, 6.07) is 11.2. The highest BCUT2D eigenvalue weighted by molar-refractivity contribution is 6.32. The van der Waals surface area contributed by atoms with Crippen LogP contribution < -0.4 is 10.1 Å². The van der Waals surface area contributed by atoms with Crippen LogP contribution in [0.5, 0.6) is 5.75 Å². The van der Waals surface area contributed by atoms with E-state index in [2.05, 4.69) is 15.5 Å². The monoisotopic (exact) mass is 463 g/mol. The van der Waals surface area contributed by atoms with Crippen LogP contribution in [0.4, 0.5) is 5.69 Å². The molecule has 0 spiro atoms. The van der Waals surface area contributed by atoms with Crippen molar-refractivity contribution in [2.24, 2.45) is 0 Å². The maximum Gasteiger partial charge on any atom is 0.255 e. The lowest BCUT2D eigenvalue weighted by Crippen LogP contribution is -2.11. The molecule has 2 heterocycles. The molecule has 0 bridgehead atoms. The molecule has 2 aromatic carbocycles. The molecule has 2 aromatic heterocycles. The van der Waals surface area contributed by atoms with E-state index in [0.717, 1.165) is 39.6 Å². The summed E-state index contributed by atoms with van der Waals surface area (Å²) in [5.41, 5.74) is 5.20. The minimum Gasteiger partial charge on any atom is -0.489 e. The molecule has 0 saturated heterocycles. The van der Waals surface area contributed by atoms with E-state index in [-0.39, 0.29) is 5.91 Å². The Hall–Kier alpha value is -3.58. The lowest BCUT2D eigenvalue weighted by atomic mass is 10.1. The van der Waals surface area contributed by atoms with Crippen LogP contribution in [0.15, 0.2) is 61.2 Å². The molecule has 0 atom stereocenters. The molecule has 1 amide bonds. The number of carbonyl (C=O) groups is 1. The average molecular weight is 464 g/mol. The zero-order chi connectivity index (χ0) is 23.4. The first-order valence-electron chi connectivity index (χ1n) is 10.7. The topological polar surface area (TPSA) is 74.0 Å². The van der Waals surface area contributed by atoms with Gasteiger partial charge >= 0.3 is 0 Å². The quantitative estimate of drug-likeness (QED) is 0.387. The van der Waals surface area contributed by atoms with E-state index >= 15 is 0 Å². The van der Waals surface area contributed by atoms with Crippen LogP contribution in [-0.2, 0) is 19.7 Å². The van der Waals surface area contributed by atoms with Crippen molar-refractivity contribution in [2.45, 2.75) is 40.5 Å². The maximum atomic E-state index is 12.6. The Bertz CT molecular complexity index is 1240. The third kappa shape index (κ3) is 5.62. The van der Waals surface area contributed by atoms with Crippen LogP contribution in [0.25, 0.3) is 0 Å². The number of nitrogens with one attached hydrogen (secondary N) is 1. The summed E-state index contributed by atoms with van der Waals surface area (Å²) in [5, 5.41) is 12.2. The van der Waals surface area contributed by atoms with Crippen LogP contribution in [0.3, 0.4) is 0 Å². The second-order valence-corrected chi connectivity index (χ2v) is 8.32. The number of ether oxygens (including phenoxy) is 1. The molecule has 4 rings (SSSR count). The molecule has 0 aliphatic carbocycles. The summed E-state index contributed by atoms with van der Waals surface area (Å²) in [5.74, 6) is 0.583. The van der Waals surface area contributed by atoms with Gasteiger partial charge in [-0.2, -0.15) is 10.2 Å². The molecule has 4 aromatic rings. The zero-order valence-electron chi connectivity index (χ0n) is 18.9. The molecule has 170 valence electrons. The van der Waals surface area contributed by atoms with Crippen LogP contribution >= 0.6 is 11.6 Å². The molecular weight excluding hydrogens is 438 g/mol. The first-order chi connectivity index (χ1) is 15.9. The molecule has 1 N–H and O–H groups in total. The van der Waals surface area contributed by atoms with Crippen molar-refractivity contribution in [3.05, 3.63) is 94.0 Å². The standard InChI is InChI=1S/C25H26ClN5O2/c1-4-30-13-20(11-27-30)14-31-15-22(12-28-31)29-25(32)21-7-5-19(6-8-21)16-33-23-9-17(2)24(26)18(3)10-23/h5-13,15H,4,14,16H2,1-3H3,(H,29,32). The molecule has 0 aliphatic rings. The number of hydrogen-bond acceptors (Lipinski definition) is 4. The Morgan fingerprint density at radius 2 is 1.70 bits per heavy atom. The number of aromatic nitrogens is 4. The lowest BCUT2D eigenvalue weighted by molar-refractivity contribution is 0.102. The smallest absolute Gasteiger partial charge is 0.255 e. The van der Waals surface area contributed by atoms with Crippen LogP contribution in [0.1, 0.15) is 39.5 Å². The minimum absolute atomic E-state index is 0.190. The van der Waals surface area contributed by atoms with Gasteiger partial charge in [0, 0.05) is 35.1 Å². The predicted molar refractivity (Wildman–Crippen MR) is 129 cm³/mol. The zero-order valence-corrected chi connectivity index (χ0v) is 19.6. The molecule has 8 heteroatoms. The fourth-order valence-corrected chi connectivity index (χ4v) is 3.58. The number of amides is 1. The van der Waals surface area contributed by atoms with Gasteiger partial charge in [0.2, 0.25) is 0 Å². The van der Waals surface area contributed by atoms with E-state index < -0.39 is 0 Å². The molecule has 33 heavy (non-hydrogen) atoms. The molecular formula is C25H26ClN5O2. The van der Waals surface area contributed by atoms with Crippen molar-refractivity contribution in [3.8, 4) is 5.75 Å². The van der Waals surface area contributed by atoms with Crippen LogP contribution in [-0.4, -0.2) is 25.5 Å². The Morgan fingerprint density at radius 3 is 2.36 bits per heavy atom. The van der Waals surface area contributed by atoms with E-state index in [9.17, 15) is 4.79 Å². The summed E-state index contributed by atoms with van der Waals surface area (Å²) >= 11 is 6.21. The van der Waals surface area contributed by atoms with Crippen molar-refractivity contribution in [1.82, 2.24) is 19.6 Å². The Balaban J connectivity index is 1.32. The van der Waals surface area contributed by atoms with Gasteiger partial charge in [-0.1, -0.05) is 23.7 Å². The first-order valence-corrected chi connectivity index (χ1v) is 11.1. The Morgan fingerprint density at radius 1 is 1.00 bits per heavy atom. The molecule has 0 aliphatic heterocycles. The second-order valence-electron chi connectivity index (χ2n) is 7.94. The molecule has 0 unspecified atom stereocenters. The van der Waals surface area contributed by atoms with Gasteiger partial charge in [0.1, 0.15) is 12.4 Å². The number of carbonyl (C=O) groups excluding carboxylic acids is 1. The summed E-state index contributed by atoms with van der Waals surface area (Å²) in [6.07, 6.45) is 7.25. The van der Waals surface area contributed by atoms with Gasteiger partial charge in [0.15, 0.2) is 0 Å². The number of nitrogens with zero attached hydrogens (tertiary/aromatic N) is 4. The van der Waals surface area contributed by atoms with Gasteiger partial charge in [-0.15, -0.1) is 0 Å². The summed E-state index contributed by atoms with van der Waals surface area (Å²) in [7, 11) is 0. The third-order valence-electron chi connectivity index (χ3n) is 5.28. The van der Waals surface area contributed by atoms with Crippen molar-refractivity contribution >= 4 is 23.2 Å². The fraction of sp³-hybridized carbons (Fsp3) is 0.240. The molecule has 7 nitrogen and oxygen atoms in total. The van der Waals surface area contributed by atoms with E-state index in [4.69, 9.17) is 16.3 Å². The van der Waals surface area contributed by atoms with Gasteiger partial charge in [-0.05, 0) is 61.7 Å². The number of anilines is 1. The van der Waals surface area contributed by atoms with E-state index in [1.165, 1.54) is 0 Å². The predicted octanol–water partition coefficient (Wildman–Crippen LogP) is 5.25. The number of aryl methyl sites for hydroxylation is 3. The average Bonchev–Trinajstić information content (AvgIpc) is 3.45. The van der Waals surface area contributed by atoms with Crippen molar-refractivity contribution in [1.29, 1.82) is 0 Å². The van der Waals surface area contributed by atoms with E-state index in [1.807, 2.05) is 62.1 Å². The second kappa shape index (κ2) is 9.92. The highest BCUT2D eigenvalue weighted by Gasteiger charge is 2.09. The largest absolute Gasteiger partial charge is 0.489 e. The van der Waals surface area contributed by atoms with Crippen molar-refractivity contribution < 1.29 is 9.53 Å². The van der Waals surface area contributed by atoms with E-state index in [1.54, 1.807) is 29.2 Å². The highest BCUT2D eigenvalue weighted by Crippen LogP contribution is 2.26. The van der Waals surface area contributed by atoms with Crippen LogP contribution in [0.2, 0.25) is 5.02 Å². The van der Waals surface area contributed by atoms with Crippen LogP contribution in [0, 0.1) is 13.8 Å². The molecule has 0 saturated carbocycles. The summed E-state index contributed by atoms with van der Waals surface area (Å²) in [6.45, 7) is 7.78. The number of hydrogen-bond donors (Lipinski definition) is 1. The SMILES string of the molecule is CCn1cc(Cn2cc(NC(=O)c3ccc(COc4cc(C)c(Cl)c(C)c4)cc3)cn2)cn1. The van der Waals surface area contributed by atoms with Gasteiger partial charge in [-0.25, -0.2) is 0 Å². The number of rotatable bonds is 8. The number of benzene rings is 2. The van der Waals surface area contributed by atoms with Crippen molar-refractivity contribution in [2.75, 3.05) is 5.32 Å². The molecule has 0 radical (unpaired) electrons.